The molecule has 0 bridgehead atoms. The lowest BCUT2D eigenvalue weighted by Crippen LogP contribution is -2.45. The van der Waals surface area contributed by atoms with E-state index in [2.05, 4.69) is 5.32 Å². The monoisotopic (exact) mass is 340 g/mol. The lowest BCUT2D eigenvalue weighted by atomic mass is 9.85. The topological polar surface area (TPSA) is 81.4 Å². The first-order chi connectivity index (χ1) is 12.0. The summed E-state index contributed by atoms with van der Waals surface area (Å²) in [5.41, 5.74) is 5.40. The van der Waals surface area contributed by atoms with E-state index in [-0.39, 0.29) is 23.8 Å². The molecule has 1 fully saturated rings. The van der Waals surface area contributed by atoms with Crippen LogP contribution in [0.4, 0.5) is 0 Å². The maximum Gasteiger partial charge on any atom is 0.260 e. The standard InChI is InChI=1S/C20H24N2O3/c1-13(20(24)22-16-9-4-8-15(12-16)19(21)23)25-18-11-5-7-14-6-2-3-10-17(14)18/h2-3,5-7,10-11,13,15-16H,4,8-9,12H2,1H3,(H2,21,23)(H,22,24)/t13-,15-,16-/m0/s1. The molecule has 1 aliphatic rings. The van der Waals surface area contributed by atoms with Gasteiger partial charge in [-0.15, -0.1) is 0 Å². The van der Waals surface area contributed by atoms with E-state index in [1.807, 2.05) is 42.5 Å². The van der Waals surface area contributed by atoms with Gasteiger partial charge >= 0.3 is 0 Å². The van der Waals surface area contributed by atoms with Crippen molar-refractivity contribution in [2.45, 2.75) is 44.8 Å². The molecular formula is C20H24N2O3. The third kappa shape index (κ3) is 4.10. The fourth-order valence-corrected chi connectivity index (χ4v) is 3.44. The van der Waals surface area contributed by atoms with Gasteiger partial charge in [-0.1, -0.05) is 42.8 Å². The highest BCUT2D eigenvalue weighted by Crippen LogP contribution is 2.27. The largest absolute Gasteiger partial charge is 0.480 e. The summed E-state index contributed by atoms with van der Waals surface area (Å²) >= 11 is 0. The van der Waals surface area contributed by atoms with Gasteiger partial charge in [0, 0.05) is 17.3 Å². The van der Waals surface area contributed by atoms with E-state index < -0.39 is 6.10 Å². The first kappa shape index (κ1) is 17.3. The minimum absolute atomic E-state index is 0.0164. The lowest BCUT2D eigenvalue weighted by Gasteiger charge is -2.29. The van der Waals surface area contributed by atoms with E-state index in [0.717, 1.165) is 30.0 Å². The zero-order valence-electron chi connectivity index (χ0n) is 14.4. The molecule has 0 heterocycles. The van der Waals surface area contributed by atoms with Crippen LogP contribution in [0.15, 0.2) is 42.5 Å². The van der Waals surface area contributed by atoms with E-state index >= 15 is 0 Å². The normalized spacial score (nSPS) is 21.5. The van der Waals surface area contributed by atoms with Gasteiger partial charge in [-0.25, -0.2) is 0 Å². The molecule has 3 N–H and O–H groups in total. The zero-order chi connectivity index (χ0) is 17.8. The summed E-state index contributed by atoms with van der Waals surface area (Å²) in [6.45, 7) is 1.74. The highest BCUT2D eigenvalue weighted by atomic mass is 16.5. The van der Waals surface area contributed by atoms with Crippen LogP contribution in [-0.4, -0.2) is 24.0 Å². The maximum atomic E-state index is 12.5. The second kappa shape index (κ2) is 7.55. The Balaban J connectivity index is 1.63. The number of rotatable bonds is 5. The van der Waals surface area contributed by atoms with Gasteiger partial charge in [0.25, 0.3) is 5.91 Å². The second-order valence-electron chi connectivity index (χ2n) is 6.71. The van der Waals surface area contributed by atoms with Crippen LogP contribution in [0.5, 0.6) is 5.75 Å². The molecule has 132 valence electrons. The van der Waals surface area contributed by atoms with Crippen LogP contribution < -0.4 is 15.8 Å². The molecule has 5 heteroatoms. The van der Waals surface area contributed by atoms with Crippen LogP contribution in [0.2, 0.25) is 0 Å². The molecule has 1 saturated carbocycles. The molecule has 1 aliphatic carbocycles. The summed E-state index contributed by atoms with van der Waals surface area (Å²) in [7, 11) is 0. The molecule has 0 aliphatic heterocycles. The Labute approximate surface area is 147 Å². The van der Waals surface area contributed by atoms with Crippen molar-refractivity contribution in [2.24, 2.45) is 11.7 Å². The fraction of sp³-hybridized carbons (Fsp3) is 0.400. The molecule has 5 nitrogen and oxygen atoms in total. The van der Waals surface area contributed by atoms with Crippen LogP contribution in [-0.2, 0) is 9.59 Å². The van der Waals surface area contributed by atoms with Gasteiger partial charge in [-0.2, -0.15) is 0 Å². The Morgan fingerprint density at radius 1 is 1.16 bits per heavy atom. The fourth-order valence-electron chi connectivity index (χ4n) is 3.44. The van der Waals surface area contributed by atoms with Crippen molar-refractivity contribution in [2.75, 3.05) is 0 Å². The van der Waals surface area contributed by atoms with Gasteiger partial charge in [0.15, 0.2) is 6.10 Å². The van der Waals surface area contributed by atoms with E-state index in [9.17, 15) is 9.59 Å². The summed E-state index contributed by atoms with van der Waals surface area (Å²) in [6.07, 6.45) is 2.58. The lowest BCUT2D eigenvalue weighted by molar-refractivity contribution is -0.129. The number of carbonyl (C=O) groups is 2. The predicted octanol–water partition coefficient (Wildman–Crippen LogP) is 2.77. The summed E-state index contributed by atoms with van der Waals surface area (Å²) in [6, 6.07) is 13.7. The molecule has 2 aromatic carbocycles. The Kier molecular flexibility index (Phi) is 5.22. The average molecular weight is 340 g/mol. The maximum absolute atomic E-state index is 12.5. The number of carbonyl (C=O) groups excluding carboxylic acids is 2. The van der Waals surface area contributed by atoms with Crippen molar-refractivity contribution >= 4 is 22.6 Å². The Morgan fingerprint density at radius 3 is 2.72 bits per heavy atom. The molecule has 25 heavy (non-hydrogen) atoms. The summed E-state index contributed by atoms with van der Waals surface area (Å²) in [5, 5.41) is 5.06. The third-order valence-corrected chi connectivity index (χ3v) is 4.85. The minimum atomic E-state index is -0.611. The number of hydrogen-bond acceptors (Lipinski definition) is 3. The van der Waals surface area contributed by atoms with Crippen molar-refractivity contribution in [3.05, 3.63) is 42.5 Å². The Hall–Kier alpha value is -2.56. The SMILES string of the molecule is C[C@H](Oc1cccc2ccccc12)C(=O)N[C@H]1CCC[C@H](C(N)=O)C1. The molecule has 0 aromatic heterocycles. The van der Waals surface area contributed by atoms with E-state index in [4.69, 9.17) is 10.5 Å². The molecular weight excluding hydrogens is 316 g/mol. The van der Waals surface area contributed by atoms with Crippen molar-refractivity contribution in [1.29, 1.82) is 0 Å². The number of amides is 2. The molecule has 0 unspecified atom stereocenters. The second-order valence-corrected chi connectivity index (χ2v) is 6.71. The highest BCUT2D eigenvalue weighted by molar-refractivity contribution is 5.89. The third-order valence-electron chi connectivity index (χ3n) is 4.85. The van der Waals surface area contributed by atoms with Crippen LogP contribution >= 0.6 is 0 Å². The number of ether oxygens (including phenoxy) is 1. The predicted molar refractivity (Wildman–Crippen MR) is 97.1 cm³/mol. The summed E-state index contributed by atoms with van der Waals surface area (Å²) < 4.78 is 5.90. The van der Waals surface area contributed by atoms with Crippen LogP contribution in [0.1, 0.15) is 32.6 Å². The summed E-state index contributed by atoms with van der Waals surface area (Å²) in [5.74, 6) is 0.106. The van der Waals surface area contributed by atoms with Crippen LogP contribution in [0, 0.1) is 5.92 Å². The number of benzene rings is 2. The molecule has 0 radical (unpaired) electrons. The number of primary amides is 1. The molecule has 0 saturated heterocycles. The van der Waals surface area contributed by atoms with E-state index in [1.54, 1.807) is 6.92 Å². The number of hydrogen-bond donors (Lipinski definition) is 2. The van der Waals surface area contributed by atoms with Gasteiger partial charge in [0.05, 0.1) is 0 Å². The van der Waals surface area contributed by atoms with Gasteiger partial charge in [0.2, 0.25) is 5.91 Å². The zero-order valence-corrected chi connectivity index (χ0v) is 14.4. The Bertz CT molecular complexity index is 769. The van der Waals surface area contributed by atoms with E-state index in [1.165, 1.54) is 0 Å². The van der Waals surface area contributed by atoms with Crippen molar-refractivity contribution < 1.29 is 14.3 Å². The molecule has 2 amide bonds. The number of fused-ring (bicyclic) bond motifs is 1. The van der Waals surface area contributed by atoms with Crippen molar-refractivity contribution in [3.8, 4) is 5.75 Å². The number of nitrogens with two attached hydrogens (primary N) is 1. The Morgan fingerprint density at radius 2 is 1.92 bits per heavy atom. The van der Waals surface area contributed by atoms with Crippen molar-refractivity contribution in [1.82, 2.24) is 5.32 Å². The molecule has 3 rings (SSSR count). The average Bonchev–Trinajstić information content (AvgIpc) is 2.62. The van der Waals surface area contributed by atoms with Gasteiger partial charge in [-0.3, -0.25) is 9.59 Å². The summed E-state index contributed by atoms with van der Waals surface area (Å²) in [4.78, 5) is 23.8. The molecule has 0 spiro atoms. The molecule has 3 atom stereocenters. The van der Waals surface area contributed by atoms with E-state index in [0.29, 0.717) is 12.2 Å². The first-order valence-corrected chi connectivity index (χ1v) is 8.78. The van der Waals surface area contributed by atoms with Gasteiger partial charge in [-0.05, 0) is 37.6 Å². The highest BCUT2D eigenvalue weighted by Gasteiger charge is 2.28. The quantitative estimate of drug-likeness (QED) is 0.878. The van der Waals surface area contributed by atoms with Gasteiger partial charge < -0.3 is 15.8 Å². The van der Waals surface area contributed by atoms with Gasteiger partial charge in [0.1, 0.15) is 5.75 Å². The first-order valence-electron chi connectivity index (χ1n) is 8.78. The minimum Gasteiger partial charge on any atom is -0.480 e. The molecule has 2 aromatic rings. The smallest absolute Gasteiger partial charge is 0.260 e. The van der Waals surface area contributed by atoms with Crippen molar-refractivity contribution in [3.63, 3.8) is 0 Å². The van der Waals surface area contributed by atoms with Crippen LogP contribution in [0.25, 0.3) is 10.8 Å². The van der Waals surface area contributed by atoms with Crippen LogP contribution in [0.3, 0.4) is 0 Å². The number of nitrogens with one attached hydrogen (secondary N) is 1.